The molecule has 2 heterocycles. The summed E-state index contributed by atoms with van der Waals surface area (Å²) < 4.78 is 24.6. The summed E-state index contributed by atoms with van der Waals surface area (Å²) in [4.78, 5) is 16.7. The molecular formula is C19H30N4O3S. The fourth-order valence-corrected chi connectivity index (χ4v) is 4.59. The third kappa shape index (κ3) is 5.35. The van der Waals surface area contributed by atoms with E-state index in [-0.39, 0.29) is 12.5 Å². The van der Waals surface area contributed by atoms with Gasteiger partial charge >= 0.3 is 0 Å². The average Bonchev–Trinajstić information content (AvgIpc) is 2.95. The van der Waals surface area contributed by atoms with Gasteiger partial charge < -0.3 is 15.1 Å². The Morgan fingerprint density at radius 1 is 0.963 bits per heavy atom. The fraction of sp³-hybridized carbons (Fsp3) is 0.632. The second-order valence-corrected chi connectivity index (χ2v) is 9.30. The van der Waals surface area contributed by atoms with Crippen LogP contribution in [0, 0.1) is 0 Å². The molecule has 2 aliphatic rings. The van der Waals surface area contributed by atoms with Gasteiger partial charge in [0.25, 0.3) is 0 Å². The van der Waals surface area contributed by atoms with Gasteiger partial charge in [-0.05, 0) is 25.0 Å². The summed E-state index contributed by atoms with van der Waals surface area (Å²) in [6.45, 7) is 3.97. The number of piperazine rings is 1. The molecule has 0 atom stereocenters. The molecule has 2 aliphatic heterocycles. The summed E-state index contributed by atoms with van der Waals surface area (Å²) >= 11 is 0. The van der Waals surface area contributed by atoms with E-state index >= 15 is 0 Å². The minimum absolute atomic E-state index is 0.00817. The maximum Gasteiger partial charge on any atom is 0.241 e. The Balaban J connectivity index is 1.56. The molecule has 0 aromatic heterocycles. The van der Waals surface area contributed by atoms with Gasteiger partial charge in [-0.15, -0.1) is 0 Å². The molecule has 0 bridgehead atoms. The number of benzene rings is 1. The molecule has 1 N–H and O–H groups in total. The van der Waals surface area contributed by atoms with Gasteiger partial charge in [0.1, 0.15) is 0 Å². The third-order valence-corrected chi connectivity index (χ3v) is 6.64. The van der Waals surface area contributed by atoms with Gasteiger partial charge in [0.2, 0.25) is 15.9 Å². The number of amides is 1. The lowest BCUT2D eigenvalue weighted by Gasteiger charge is -2.33. The zero-order chi connectivity index (χ0) is 19.3. The minimum Gasteiger partial charge on any atom is -0.374 e. The number of hydrogen-bond acceptors (Lipinski definition) is 5. The summed E-state index contributed by atoms with van der Waals surface area (Å²) in [5.74, 6) is 0.00817. The molecule has 3 rings (SSSR count). The average molecular weight is 395 g/mol. The first kappa shape index (κ1) is 19.9. The van der Waals surface area contributed by atoms with Crippen LogP contribution in [0.3, 0.4) is 0 Å². The lowest BCUT2D eigenvalue weighted by atomic mass is 10.2. The van der Waals surface area contributed by atoms with Crippen LogP contribution in [-0.2, 0) is 14.8 Å². The highest BCUT2D eigenvalue weighted by atomic mass is 32.2. The van der Waals surface area contributed by atoms with Crippen molar-refractivity contribution in [2.45, 2.75) is 25.7 Å². The number of hydrogen-bond donors (Lipinski definition) is 1. The highest BCUT2D eigenvalue weighted by molar-refractivity contribution is 7.88. The van der Waals surface area contributed by atoms with Gasteiger partial charge in [0.05, 0.1) is 24.2 Å². The largest absolute Gasteiger partial charge is 0.374 e. The van der Waals surface area contributed by atoms with E-state index in [0.717, 1.165) is 24.5 Å². The first-order chi connectivity index (χ1) is 12.9. The Bertz CT molecular complexity index is 737. The van der Waals surface area contributed by atoms with E-state index in [1.807, 2.05) is 18.2 Å². The lowest BCUT2D eigenvalue weighted by molar-refractivity contribution is -0.130. The number of sulfonamides is 1. The number of carbonyl (C=O) groups excluding carboxylic acids is 1. The number of nitrogens with one attached hydrogen (secondary N) is 1. The Hall–Kier alpha value is -1.80. The standard InChI is InChI=1S/C19H30N4O3S/c1-27(25,26)23-14-12-22(13-15-23)19(24)16-20-17-8-4-5-9-18(17)21-10-6-2-3-7-11-21/h4-5,8-9,20H,2-3,6-7,10-16H2,1H3. The maximum absolute atomic E-state index is 12.6. The second-order valence-electron chi connectivity index (χ2n) is 7.31. The first-order valence-electron chi connectivity index (χ1n) is 9.76. The first-order valence-corrected chi connectivity index (χ1v) is 11.6. The van der Waals surface area contributed by atoms with Crippen LogP contribution in [0.1, 0.15) is 25.7 Å². The highest BCUT2D eigenvalue weighted by Gasteiger charge is 2.26. The van der Waals surface area contributed by atoms with Crippen molar-refractivity contribution in [3.8, 4) is 0 Å². The number of carbonyl (C=O) groups is 1. The van der Waals surface area contributed by atoms with Crippen molar-refractivity contribution in [3.05, 3.63) is 24.3 Å². The third-order valence-electron chi connectivity index (χ3n) is 5.34. The molecular weight excluding hydrogens is 364 g/mol. The summed E-state index contributed by atoms with van der Waals surface area (Å²) in [5, 5.41) is 3.30. The van der Waals surface area contributed by atoms with E-state index in [0.29, 0.717) is 26.2 Å². The molecule has 27 heavy (non-hydrogen) atoms. The zero-order valence-electron chi connectivity index (χ0n) is 16.1. The zero-order valence-corrected chi connectivity index (χ0v) is 16.9. The maximum atomic E-state index is 12.6. The van der Waals surface area contributed by atoms with Crippen LogP contribution in [0.25, 0.3) is 0 Å². The quantitative estimate of drug-likeness (QED) is 0.821. The number of nitrogens with zero attached hydrogens (tertiary/aromatic N) is 3. The van der Waals surface area contributed by atoms with Crippen LogP contribution >= 0.6 is 0 Å². The van der Waals surface area contributed by atoms with E-state index in [1.54, 1.807) is 4.90 Å². The smallest absolute Gasteiger partial charge is 0.241 e. The molecule has 0 aliphatic carbocycles. The van der Waals surface area contributed by atoms with Crippen molar-refractivity contribution in [1.29, 1.82) is 0 Å². The predicted molar refractivity (Wildman–Crippen MR) is 109 cm³/mol. The summed E-state index contributed by atoms with van der Waals surface area (Å²) in [7, 11) is -3.18. The van der Waals surface area contributed by atoms with E-state index < -0.39 is 10.0 Å². The topological polar surface area (TPSA) is 73.0 Å². The van der Waals surface area contributed by atoms with Gasteiger partial charge in [-0.2, -0.15) is 4.31 Å². The van der Waals surface area contributed by atoms with Gasteiger partial charge in [-0.3, -0.25) is 4.79 Å². The monoisotopic (exact) mass is 394 g/mol. The second kappa shape index (κ2) is 8.93. The van der Waals surface area contributed by atoms with Gasteiger partial charge in [-0.1, -0.05) is 25.0 Å². The Kier molecular flexibility index (Phi) is 6.59. The molecule has 0 radical (unpaired) electrons. The van der Waals surface area contributed by atoms with Crippen LogP contribution in [0.4, 0.5) is 11.4 Å². The van der Waals surface area contributed by atoms with Gasteiger partial charge in [0.15, 0.2) is 0 Å². The van der Waals surface area contributed by atoms with Gasteiger partial charge in [-0.25, -0.2) is 8.42 Å². The molecule has 1 aromatic rings. The Morgan fingerprint density at radius 3 is 2.22 bits per heavy atom. The van der Waals surface area contributed by atoms with Crippen molar-refractivity contribution >= 4 is 27.3 Å². The molecule has 0 saturated carbocycles. The molecule has 7 nitrogen and oxygen atoms in total. The predicted octanol–water partition coefficient (Wildman–Crippen LogP) is 1.58. The Morgan fingerprint density at radius 2 is 1.59 bits per heavy atom. The summed E-state index contributed by atoms with van der Waals surface area (Å²) in [5.41, 5.74) is 2.15. The van der Waals surface area contributed by atoms with E-state index in [9.17, 15) is 13.2 Å². The van der Waals surface area contributed by atoms with E-state index in [4.69, 9.17) is 0 Å². The molecule has 1 amide bonds. The molecule has 2 saturated heterocycles. The lowest BCUT2D eigenvalue weighted by Crippen LogP contribution is -2.51. The molecule has 0 spiro atoms. The minimum atomic E-state index is -3.18. The number of anilines is 2. The number of para-hydroxylation sites is 2. The van der Waals surface area contributed by atoms with Crippen LogP contribution < -0.4 is 10.2 Å². The van der Waals surface area contributed by atoms with Crippen LogP contribution in [0.5, 0.6) is 0 Å². The molecule has 2 fully saturated rings. The van der Waals surface area contributed by atoms with Crippen LogP contribution in [0.2, 0.25) is 0 Å². The molecule has 8 heteroatoms. The van der Waals surface area contributed by atoms with Crippen molar-refractivity contribution in [2.75, 3.05) is 62.3 Å². The SMILES string of the molecule is CS(=O)(=O)N1CCN(C(=O)CNc2ccccc2N2CCCCCC2)CC1. The molecule has 1 aromatic carbocycles. The van der Waals surface area contributed by atoms with Crippen molar-refractivity contribution in [2.24, 2.45) is 0 Å². The van der Waals surface area contributed by atoms with E-state index in [1.165, 1.54) is 36.2 Å². The summed E-state index contributed by atoms with van der Waals surface area (Å²) in [6, 6.07) is 8.16. The molecule has 0 unspecified atom stereocenters. The van der Waals surface area contributed by atoms with Gasteiger partial charge in [0, 0.05) is 39.3 Å². The highest BCUT2D eigenvalue weighted by Crippen LogP contribution is 2.27. The van der Waals surface area contributed by atoms with Crippen molar-refractivity contribution < 1.29 is 13.2 Å². The van der Waals surface area contributed by atoms with Crippen LogP contribution in [-0.4, -0.2) is 75.6 Å². The fourth-order valence-electron chi connectivity index (χ4n) is 3.76. The number of rotatable bonds is 5. The van der Waals surface area contributed by atoms with Crippen molar-refractivity contribution in [3.63, 3.8) is 0 Å². The van der Waals surface area contributed by atoms with Crippen LogP contribution in [0.15, 0.2) is 24.3 Å². The molecule has 150 valence electrons. The normalized spacial score (nSPS) is 19.6. The Labute approximate surface area is 162 Å². The summed E-state index contributed by atoms with van der Waals surface area (Å²) in [6.07, 6.45) is 6.19. The van der Waals surface area contributed by atoms with E-state index in [2.05, 4.69) is 16.3 Å². The van der Waals surface area contributed by atoms with Crippen molar-refractivity contribution in [1.82, 2.24) is 9.21 Å².